The molecule has 53 heavy (non-hydrogen) atoms. The van der Waals surface area contributed by atoms with Gasteiger partial charge < -0.3 is 4.57 Å². The highest BCUT2D eigenvalue weighted by molar-refractivity contribution is 6.21. The zero-order valence-corrected chi connectivity index (χ0v) is 28.9. The minimum atomic E-state index is 0.638. The van der Waals surface area contributed by atoms with Crippen LogP contribution >= 0.6 is 0 Å². The molecular formula is C51H32N2. The van der Waals surface area contributed by atoms with Gasteiger partial charge in [0.1, 0.15) is 6.07 Å². The molecule has 0 atom stereocenters. The number of benzene rings is 9. The molecule has 10 aromatic rings. The van der Waals surface area contributed by atoms with Crippen LogP contribution in [0, 0.1) is 11.3 Å². The molecule has 9 aromatic carbocycles. The van der Waals surface area contributed by atoms with E-state index in [-0.39, 0.29) is 0 Å². The Morgan fingerprint density at radius 2 is 0.755 bits per heavy atom. The first-order valence-electron chi connectivity index (χ1n) is 18.0. The molecule has 0 fully saturated rings. The van der Waals surface area contributed by atoms with Crippen LogP contribution < -0.4 is 0 Å². The van der Waals surface area contributed by atoms with Gasteiger partial charge in [0, 0.05) is 16.3 Å². The fourth-order valence-electron chi connectivity index (χ4n) is 8.35. The number of nitrogens with zero attached hydrogens (tertiary/aromatic N) is 2. The second-order valence-electron chi connectivity index (χ2n) is 13.6. The van der Waals surface area contributed by atoms with Crippen molar-refractivity contribution in [2.24, 2.45) is 0 Å². The van der Waals surface area contributed by atoms with Gasteiger partial charge in [-0.15, -0.1) is 0 Å². The average Bonchev–Trinajstić information content (AvgIpc) is 3.57. The summed E-state index contributed by atoms with van der Waals surface area (Å²) in [6.45, 7) is 0. The Hall–Kier alpha value is -7.21. The minimum absolute atomic E-state index is 0.638. The Morgan fingerprint density at radius 1 is 0.340 bits per heavy atom. The summed E-state index contributed by atoms with van der Waals surface area (Å²) in [7, 11) is 0. The summed E-state index contributed by atoms with van der Waals surface area (Å²) in [5.74, 6) is 0. The van der Waals surface area contributed by atoms with Crippen molar-refractivity contribution in [1.29, 1.82) is 5.26 Å². The summed E-state index contributed by atoms with van der Waals surface area (Å²) >= 11 is 0. The highest BCUT2D eigenvalue weighted by Crippen LogP contribution is 2.44. The van der Waals surface area contributed by atoms with Crippen molar-refractivity contribution in [2.45, 2.75) is 0 Å². The summed E-state index contributed by atoms with van der Waals surface area (Å²) in [6.07, 6.45) is 0. The van der Waals surface area contributed by atoms with Crippen molar-refractivity contribution < 1.29 is 0 Å². The van der Waals surface area contributed by atoms with Crippen LogP contribution in [0.25, 0.3) is 93.5 Å². The van der Waals surface area contributed by atoms with Gasteiger partial charge in [-0.25, -0.2) is 0 Å². The smallest absolute Gasteiger partial charge is 0.101 e. The largest absolute Gasteiger partial charge is 0.307 e. The van der Waals surface area contributed by atoms with Crippen LogP contribution in [0.4, 0.5) is 0 Å². The molecule has 0 N–H and O–H groups in total. The molecule has 0 amide bonds. The summed E-state index contributed by atoms with van der Waals surface area (Å²) in [5, 5.41) is 17.8. The lowest BCUT2D eigenvalue weighted by Gasteiger charge is -2.18. The molecule has 0 bridgehead atoms. The quantitative estimate of drug-likeness (QED) is 0.167. The highest BCUT2D eigenvalue weighted by Gasteiger charge is 2.20. The Balaban J connectivity index is 1.16. The summed E-state index contributed by atoms with van der Waals surface area (Å²) in [4.78, 5) is 0. The standard InChI is InChI=1S/C51H32N2/c52-33-39-21-14-28-40(51(39)53-47-29-10-8-22-41(47)42-23-9-11-30-48(42)53)37-19-12-17-35(31-37)36-18-13-20-38(32-36)50-45-26-6-4-24-43(45)49(34-15-2-1-3-16-34)44-25-5-7-27-46(44)50/h1-32H. The minimum Gasteiger partial charge on any atom is -0.307 e. The maximum Gasteiger partial charge on any atom is 0.101 e. The van der Waals surface area contributed by atoms with Gasteiger partial charge in [-0.3, -0.25) is 0 Å². The molecule has 0 saturated carbocycles. The number of hydrogen-bond donors (Lipinski definition) is 0. The van der Waals surface area contributed by atoms with E-state index in [1.807, 2.05) is 12.1 Å². The van der Waals surface area contributed by atoms with Gasteiger partial charge >= 0.3 is 0 Å². The molecule has 0 radical (unpaired) electrons. The van der Waals surface area contributed by atoms with Crippen LogP contribution in [0.5, 0.6) is 0 Å². The van der Waals surface area contributed by atoms with E-state index >= 15 is 0 Å². The lowest BCUT2D eigenvalue weighted by atomic mass is 9.85. The van der Waals surface area contributed by atoms with Gasteiger partial charge in [-0.1, -0.05) is 164 Å². The van der Waals surface area contributed by atoms with E-state index in [4.69, 9.17) is 0 Å². The van der Waals surface area contributed by atoms with Gasteiger partial charge in [0.15, 0.2) is 0 Å². The Morgan fingerprint density at radius 3 is 1.32 bits per heavy atom. The Bertz CT molecular complexity index is 2960. The van der Waals surface area contributed by atoms with Gasteiger partial charge in [-0.05, 0) is 90.8 Å². The lowest BCUT2D eigenvalue weighted by Crippen LogP contribution is -2.00. The van der Waals surface area contributed by atoms with E-state index in [2.05, 4.69) is 193 Å². The second-order valence-corrected chi connectivity index (χ2v) is 13.6. The van der Waals surface area contributed by atoms with Gasteiger partial charge in [0.05, 0.1) is 22.3 Å². The van der Waals surface area contributed by atoms with Gasteiger partial charge in [0.2, 0.25) is 0 Å². The molecule has 0 saturated heterocycles. The molecule has 2 nitrogen and oxygen atoms in total. The van der Waals surface area contributed by atoms with Crippen molar-refractivity contribution in [3.05, 3.63) is 200 Å². The monoisotopic (exact) mass is 672 g/mol. The molecule has 1 heterocycles. The maximum atomic E-state index is 10.5. The fourth-order valence-corrected chi connectivity index (χ4v) is 8.35. The van der Waals surface area contributed by atoms with Crippen molar-refractivity contribution in [3.63, 3.8) is 0 Å². The average molecular weight is 673 g/mol. The van der Waals surface area contributed by atoms with E-state index in [9.17, 15) is 5.26 Å². The summed E-state index contributed by atoms with van der Waals surface area (Å²) in [5.41, 5.74) is 12.9. The molecule has 10 rings (SSSR count). The number of fused-ring (bicyclic) bond motifs is 5. The number of nitriles is 1. The zero-order chi connectivity index (χ0) is 35.3. The number of para-hydroxylation sites is 3. The van der Waals surface area contributed by atoms with E-state index in [0.29, 0.717) is 5.56 Å². The SMILES string of the molecule is N#Cc1cccc(-c2cccc(-c3cccc(-c4c5ccccc5c(-c5ccccc5)c5ccccc45)c3)c2)c1-n1c2ccccc2c2ccccc21. The Labute approximate surface area is 308 Å². The van der Waals surface area contributed by atoms with E-state index < -0.39 is 0 Å². The lowest BCUT2D eigenvalue weighted by molar-refractivity contribution is 1.17. The highest BCUT2D eigenvalue weighted by atomic mass is 15.0. The molecule has 0 aliphatic carbocycles. The van der Waals surface area contributed by atoms with Crippen LogP contribution in [0.2, 0.25) is 0 Å². The topological polar surface area (TPSA) is 28.7 Å². The van der Waals surface area contributed by atoms with Crippen LogP contribution in [0.3, 0.4) is 0 Å². The van der Waals surface area contributed by atoms with Gasteiger partial charge in [-0.2, -0.15) is 5.26 Å². The number of rotatable bonds is 5. The number of aromatic nitrogens is 1. The van der Waals surface area contributed by atoms with Crippen LogP contribution in [-0.2, 0) is 0 Å². The maximum absolute atomic E-state index is 10.5. The van der Waals surface area contributed by atoms with Crippen LogP contribution in [-0.4, -0.2) is 4.57 Å². The van der Waals surface area contributed by atoms with Crippen molar-refractivity contribution in [2.75, 3.05) is 0 Å². The predicted octanol–water partition coefficient (Wildman–Crippen LogP) is 13.6. The summed E-state index contributed by atoms with van der Waals surface area (Å²) < 4.78 is 2.27. The van der Waals surface area contributed by atoms with Crippen LogP contribution in [0.15, 0.2) is 194 Å². The molecule has 1 aromatic heterocycles. The van der Waals surface area contributed by atoms with E-state index in [1.54, 1.807) is 0 Å². The first kappa shape index (κ1) is 30.6. The van der Waals surface area contributed by atoms with Crippen LogP contribution in [0.1, 0.15) is 5.56 Å². The normalized spacial score (nSPS) is 11.4. The second kappa shape index (κ2) is 12.5. The van der Waals surface area contributed by atoms with E-state index in [1.165, 1.54) is 54.6 Å². The fraction of sp³-hybridized carbons (Fsp3) is 0. The first-order chi connectivity index (χ1) is 26.3. The molecule has 0 aliphatic heterocycles. The molecule has 246 valence electrons. The molecular weight excluding hydrogens is 641 g/mol. The third kappa shape index (κ3) is 4.94. The molecule has 0 spiro atoms. The summed E-state index contributed by atoms with van der Waals surface area (Å²) in [6, 6.07) is 71.5. The third-order valence-corrected chi connectivity index (χ3v) is 10.6. The zero-order valence-electron chi connectivity index (χ0n) is 28.9. The van der Waals surface area contributed by atoms with E-state index in [0.717, 1.165) is 39.0 Å². The third-order valence-electron chi connectivity index (χ3n) is 10.6. The first-order valence-corrected chi connectivity index (χ1v) is 18.0. The number of hydrogen-bond acceptors (Lipinski definition) is 1. The predicted molar refractivity (Wildman–Crippen MR) is 222 cm³/mol. The van der Waals surface area contributed by atoms with Crippen molar-refractivity contribution in [3.8, 4) is 56.3 Å². The molecule has 2 heteroatoms. The Kier molecular flexibility index (Phi) is 7.23. The van der Waals surface area contributed by atoms with Crippen molar-refractivity contribution in [1.82, 2.24) is 4.57 Å². The van der Waals surface area contributed by atoms with Crippen molar-refractivity contribution >= 4 is 43.4 Å². The van der Waals surface area contributed by atoms with Gasteiger partial charge in [0.25, 0.3) is 0 Å². The molecule has 0 aliphatic rings. The molecule has 0 unspecified atom stereocenters.